The number of alkyl halides is 1. The number of aliphatic hydroxyl groups excluding tert-OH is 1. The van der Waals surface area contributed by atoms with Crippen LogP contribution in [0.2, 0.25) is 0 Å². The number of hydrogen-bond donors (Lipinski definition) is 2. The van der Waals surface area contributed by atoms with E-state index in [1.54, 1.807) is 11.0 Å². The molecule has 1 aliphatic heterocycles. The Labute approximate surface area is 148 Å². The van der Waals surface area contributed by atoms with Gasteiger partial charge in [0.05, 0.1) is 11.0 Å². The third-order valence-electron chi connectivity index (χ3n) is 5.50. The monoisotopic (exact) mass is 357 g/mol. The number of carbonyl (C=O) groups is 2. The van der Waals surface area contributed by atoms with Crippen LogP contribution in [0.4, 0.5) is 4.79 Å². The lowest BCUT2D eigenvalue weighted by molar-refractivity contribution is -0.127. The van der Waals surface area contributed by atoms with Crippen LogP contribution in [0.1, 0.15) is 33.6 Å². The predicted octanol–water partition coefficient (Wildman–Crippen LogP) is 1.56. The predicted molar refractivity (Wildman–Crippen MR) is 93.6 cm³/mol. The van der Waals surface area contributed by atoms with Crippen molar-refractivity contribution < 1.29 is 14.7 Å². The van der Waals surface area contributed by atoms with Gasteiger partial charge in [0, 0.05) is 32.1 Å². The number of piperazine rings is 1. The van der Waals surface area contributed by atoms with Gasteiger partial charge in [-0.2, -0.15) is 0 Å². The van der Waals surface area contributed by atoms with Gasteiger partial charge in [-0.15, -0.1) is 11.6 Å². The molecule has 0 bridgehead atoms. The van der Waals surface area contributed by atoms with E-state index in [0.717, 1.165) is 6.42 Å². The largest absolute Gasteiger partial charge is 0.391 e. The Hall–Kier alpha value is -1.27. The van der Waals surface area contributed by atoms with Crippen LogP contribution in [0.15, 0.2) is 12.2 Å². The Morgan fingerprint density at radius 1 is 1.17 bits per heavy atom. The quantitative estimate of drug-likeness (QED) is 0.580. The Kier molecular flexibility index (Phi) is 5.50. The second-order valence-electron chi connectivity index (χ2n) is 7.68. The van der Waals surface area contributed by atoms with E-state index >= 15 is 0 Å². The molecule has 24 heavy (non-hydrogen) atoms. The molecule has 3 N–H and O–H groups in total. The SMILES string of the molecule is CC1(C)CCC(O)C(C)(Cl)C1/C=C/C(=O)N1CCN(C(N)=O)CC1. The lowest BCUT2D eigenvalue weighted by Gasteiger charge is -2.49. The molecule has 136 valence electrons. The lowest BCUT2D eigenvalue weighted by Crippen LogP contribution is -2.52. The van der Waals surface area contributed by atoms with Gasteiger partial charge in [-0.05, 0) is 31.3 Å². The van der Waals surface area contributed by atoms with Crippen molar-refractivity contribution in [3.63, 3.8) is 0 Å². The zero-order valence-corrected chi connectivity index (χ0v) is 15.4. The number of hydrogen-bond acceptors (Lipinski definition) is 3. The first kappa shape index (κ1) is 19.1. The second-order valence-corrected chi connectivity index (χ2v) is 8.50. The molecule has 3 unspecified atom stereocenters. The van der Waals surface area contributed by atoms with Gasteiger partial charge in [-0.1, -0.05) is 19.9 Å². The molecule has 2 aliphatic rings. The summed E-state index contributed by atoms with van der Waals surface area (Å²) in [6, 6.07) is -0.450. The number of nitrogens with zero attached hydrogens (tertiary/aromatic N) is 2. The van der Waals surface area contributed by atoms with E-state index in [-0.39, 0.29) is 17.2 Å². The van der Waals surface area contributed by atoms with Crippen LogP contribution < -0.4 is 5.73 Å². The van der Waals surface area contributed by atoms with E-state index in [2.05, 4.69) is 13.8 Å². The van der Waals surface area contributed by atoms with E-state index in [1.165, 1.54) is 4.90 Å². The molecule has 3 atom stereocenters. The molecular weight excluding hydrogens is 330 g/mol. The van der Waals surface area contributed by atoms with Crippen molar-refractivity contribution >= 4 is 23.5 Å². The number of rotatable bonds is 2. The highest BCUT2D eigenvalue weighted by Crippen LogP contribution is 2.50. The summed E-state index contributed by atoms with van der Waals surface area (Å²) in [5.74, 6) is -0.200. The van der Waals surface area contributed by atoms with E-state index in [9.17, 15) is 14.7 Å². The zero-order chi connectivity index (χ0) is 18.1. The molecule has 1 saturated heterocycles. The molecule has 0 aromatic heterocycles. The van der Waals surface area contributed by atoms with Gasteiger partial charge in [0.25, 0.3) is 0 Å². The molecule has 0 aromatic carbocycles. The molecule has 7 heteroatoms. The molecule has 6 nitrogen and oxygen atoms in total. The molecule has 2 fully saturated rings. The molecule has 2 rings (SSSR count). The summed E-state index contributed by atoms with van der Waals surface area (Å²) >= 11 is 6.61. The highest BCUT2D eigenvalue weighted by molar-refractivity contribution is 6.24. The van der Waals surface area contributed by atoms with Gasteiger partial charge in [0.2, 0.25) is 5.91 Å². The summed E-state index contributed by atoms with van der Waals surface area (Å²) < 4.78 is 0. The molecule has 3 amide bonds. The first-order valence-electron chi connectivity index (χ1n) is 8.44. The molecule has 0 aromatic rings. The smallest absolute Gasteiger partial charge is 0.314 e. The summed E-state index contributed by atoms with van der Waals surface area (Å²) in [6.45, 7) is 7.92. The zero-order valence-electron chi connectivity index (χ0n) is 14.7. The standard InChI is InChI=1S/C17H28ClN3O3/c1-16(2)7-6-13(22)17(3,18)12(16)4-5-14(23)20-8-10-21(11-9-20)15(19)24/h4-5,12-13,22H,6-11H2,1-3H3,(H2,19,24)/b5-4+. The number of primary amides is 1. The van der Waals surface area contributed by atoms with Gasteiger partial charge < -0.3 is 20.6 Å². The Bertz CT molecular complexity index is 525. The number of allylic oxidation sites excluding steroid dienone is 1. The van der Waals surface area contributed by atoms with Gasteiger partial charge in [0.1, 0.15) is 0 Å². The van der Waals surface area contributed by atoms with Gasteiger partial charge in [-0.3, -0.25) is 4.79 Å². The van der Waals surface area contributed by atoms with Crippen LogP contribution in [0.5, 0.6) is 0 Å². The van der Waals surface area contributed by atoms with Crippen molar-refractivity contribution in [1.82, 2.24) is 9.80 Å². The number of urea groups is 1. The Morgan fingerprint density at radius 3 is 2.25 bits per heavy atom. The van der Waals surface area contributed by atoms with Crippen molar-refractivity contribution in [3.05, 3.63) is 12.2 Å². The maximum atomic E-state index is 12.4. The van der Waals surface area contributed by atoms with E-state index in [0.29, 0.717) is 32.6 Å². The number of amides is 3. The number of carbonyl (C=O) groups excluding carboxylic acids is 2. The summed E-state index contributed by atoms with van der Waals surface area (Å²) in [4.78, 5) is 26.0. The van der Waals surface area contributed by atoms with Crippen LogP contribution in [0.25, 0.3) is 0 Å². The third kappa shape index (κ3) is 3.86. The minimum absolute atomic E-state index is 0.0861. The van der Waals surface area contributed by atoms with Gasteiger partial charge in [-0.25, -0.2) is 4.79 Å². The van der Waals surface area contributed by atoms with Crippen LogP contribution in [0.3, 0.4) is 0 Å². The highest BCUT2D eigenvalue weighted by Gasteiger charge is 2.49. The Morgan fingerprint density at radius 2 is 1.71 bits per heavy atom. The number of nitrogens with two attached hydrogens (primary N) is 1. The van der Waals surface area contributed by atoms with Crippen LogP contribution in [0, 0.1) is 11.3 Å². The molecule has 0 radical (unpaired) electrons. The summed E-state index contributed by atoms with van der Waals surface area (Å²) in [6.07, 6.45) is 4.34. The highest BCUT2D eigenvalue weighted by atomic mass is 35.5. The van der Waals surface area contributed by atoms with E-state index in [4.69, 9.17) is 17.3 Å². The average molecular weight is 358 g/mol. The lowest BCUT2D eigenvalue weighted by atomic mass is 9.62. The Balaban J connectivity index is 2.03. The topological polar surface area (TPSA) is 86.9 Å². The fourth-order valence-electron chi connectivity index (χ4n) is 3.80. The minimum atomic E-state index is -0.788. The van der Waals surface area contributed by atoms with Crippen molar-refractivity contribution in [3.8, 4) is 0 Å². The number of aliphatic hydroxyl groups is 1. The van der Waals surface area contributed by atoms with Crippen molar-refractivity contribution in [2.24, 2.45) is 17.1 Å². The summed E-state index contributed by atoms with van der Waals surface area (Å²) in [5, 5.41) is 10.2. The molecule has 1 saturated carbocycles. The summed E-state index contributed by atoms with van der Waals surface area (Å²) in [7, 11) is 0. The third-order valence-corrected chi connectivity index (χ3v) is 5.98. The van der Waals surface area contributed by atoms with Crippen molar-refractivity contribution in [2.45, 2.75) is 44.6 Å². The van der Waals surface area contributed by atoms with Crippen LogP contribution in [-0.2, 0) is 4.79 Å². The number of halogens is 1. The van der Waals surface area contributed by atoms with Crippen LogP contribution in [-0.4, -0.2) is 64.0 Å². The second kappa shape index (κ2) is 6.92. The molecule has 1 aliphatic carbocycles. The van der Waals surface area contributed by atoms with Gasteiger partial charge in [0.15, 0.2) is 0 Å². The van der Waals surface area contributed by atoms with Gasteiger partial charge >= 0.3 is 6.03 Å². The van der Waals surface area contributed by atoms with E-state index in [1.807, 2.05) is 13.0 Å². The fourth-order valence-corrected chi connectivity index (χ4v) is 4.27. The van der Waals surface area contributed by atoms with E-state index < -0.39 is 17.0 Å². The van der Waals surface area contributed by atoms with Crippen LogP contribution >= 0.6 is 11.6 Å². The average Bonchev–Trinajstić information content (AvgIpc) is 2.51. The maximum absolute atomic E-state index is 12.4. The molecule has 0 spiro atoms. The molecular formula is C17H28ClN3O3. The first-order chi connectivity index (χ1) is 11.1. The first-order valence-corrected chi connectivity index (χ1v) is 8.82. The minimum Gasteiger partial charge on any atom is -0.391 e. The maximum Gasteiger partial charge on any atom is 0.314 e. The van der Waals surface area contributed by atoms with Crippen molar-refractivity contribution in [1.29, 1.82) is 0 Å². The fraction of sp³-hybridized carbons (Fsp3) is 0.765. The summed E-state index contributed by atoms with van der Waals surface area (Å²) in [5.41, 5.74) is 5.16. The van der Waals surface area contributed by atoms with Crippen molar-refractivity contribution in [2.75, 3.05) is 26.2 Å². The normalized spacial score (nSPS) is 33.7. The molecule has 1 heterocycles.